The van der Waals surface area contributed by atoms with Crippen molar-refractivity contribution >= 4 is 10.8 Å². The molecule has 0 spiro atoms. The number of hydrogen-bond acceptors (Lipinski definition) is 2. The molecular formula is C56H84O2. The van der Waals surface area contributed by atoms with E-state index in [0.717, 1.165) is 68.4 Å². The predicted molar refractivity (Wildman–Crippen MR) is 259 cm³/mol. The Labute approximate surface area is 357 Å². The maximum atomic E-state index is 10.9. The molecule has 0 aliphatic carbocycles. The van der Waals surface area contributed by atoms with E-state index in [4.69, 9.17) is 0 Å². The first-order chi connectivity index (χ1) is 27.7. The molecule has 0 aromatic heterocycles. The molecule has 0 aliphatic rings. The minimum absolute atomic E-state index is 0.268. The van der Waals surface area contributed by atoms with Gasteiger partial charge >= 0.3 is 0 Å². The molecule has 0 aliphatic heterocycles. The van der Waals surface area contributed by atoms with Crippen molar-refractivity contribution in [2.75, 3.05) is 0 Å². The lowest BCUT2D eigenvalue weighted by Gasteiger charge is -2.13. The van der Waals surface area contributed by atoms with Crippen molar-refractivity contribution in [3.8, 4) is 11.5 Å². The number of rotatable bonds is 27. The van der Waals surface area contributed by atoms with E-state index in [-0.39, 0.29) is 11.5 Å². The molecule has 2 rings (SSSR count). The molecule has 320 valence electrons. The van der Waals surface area contributed by atoms with Gasteiger partial charge in [0.2, 0.25) is 0 Å². The SMILES string of the molecule is CC(C)=CCC/C(C)=C/CCC(C)CCC/C(C)=C/CC/C(C)=C/CC/C(C)=C/CC/C(C)=C/CC/C(C)=C/CC/C(C)=C/Cc1c(C)c(O)c2ccccc2c1O. The predicted octanol–water partition coefficient (Wildman–Crippen LogP) is 18.0. The maximum absolute atomic E-state index is 10.9. The van der Waals surface area contributed by atoms with Crippen LogP contribution in [0.2, 0.25) is 0 Å². The Kier molecular flexibility index (Phi) is 24.8. The molecule has 0 saturated heterocycles. The van der Waals surface area contributed by atoms with E-state index >= 15 is 0 Å². The van der Waals surface area contributed by atoms with Gasteiger partial charge in [0.05, 0.1) is 0 Å². The van der Waals surface area contributed by atoms with Crippen molar-refractivity contribution in [1.29, 1.82) is 0 Å². The lowest BCUT2D eigenvalue weighted by molar-refractivity contribution is 0.461. The second-order valence-electron chi connectivity index (χ2n) is 18.0. The van der Waals surface area contributed by atoms with Crippen LogP contribution in [0.4, 0.5) is 0 Å². The smallest absolute Gasteiger partial charge is 0.127 e. The maximum Gasteiger partial charge on any atom is 0.127 e. The molecule has 2 nitrogen and oxygen atoms in total. The number of phenols is 2. The van der Waals surface area contributed by atoms with Gasteiger partial charge in [0.15, 0.2) is 0 Å². The average Bonchev–Trinajstić information content (AvgIpc) is 3.17. The number of benzene rings is 2. The minimum atomic E-state index is 0.268. The molecule has 2 N–H and O–H groups in total. The minimum Gasteiger partial charge on any atom is -0.507 e. The van der Waals surface area contributed by atoms with E-state index < -0.39 is 0 Å². The molecule has 2 heteroatoms. The Morgan fingerprint density at radius 1 is 0.466 bits per heavy atom. The van der Waals surface area contributed by atoms with Gasteiger partial charge in [-0.05, 0) is 190 Å². The van der Waals surface area contributed by atoms with Gasteiger partial charge in [0, 0.05) is 16.3 Å². The summed E-state index contributed by atoms with van der Waals surface area (Å²) in [7, 11) is 0. The summed E-state index contributed by atoms with van der Waals surface area (Å²) in [5.74, 6) is 1.36. The van der Waals surface area contributed by atoms with E-state index in [2.05, 4.69) is 118 Å². The molecule has 2 aromatic rings. The quantitative estimate of drug-likeness (QED) is 0.0699. The molecule has 0 bridgehead atoms. The number of hydrogen-bond donors (Lipinski definition) is 2. The van der Waals surface area contributed by atoms with Crippen molar-refractivity contribution in [3.05, 3.63) is 129 Å². The second kappa shape index (κ2) is 28.6. The molecular weight excluding hydrogens is 705 g/mol. The van der Waals surface area contributed by atoms with Gasteiger partial charge in [-0.15, -0.1) is 0 Å². The summed E-state index contributed by atoms with van der Waals surface area (Å²) in [5.41, 5.74) is 13.4. The van der Waals surface area contributed by atoms with Crippen LogP contribution in [0.3, 0.4) is 0 Å². The zero-order valence-corrected chi connectivity index (χ0v) is 39.1. The van der Waals surface area contributed by atoms with Crippen LogP contribution in [-0.2, 0) is 6.42 Å². The van der Waals surface area contributed by atoms with E-state index in [1.165, 1.54) is 91.2 Å². The Morgan fingerprint density at radius 3 is 1.26 bits per heavy atom. The number of phenolic OH excluding ortho intramolecular Hbond substituents is 2. The normalized spacial score (nSPS) is 14.4. The first-order valence-corrected chi connectivity index (χ1v) is 22.8. The molecule has 0 radical (unpaired) electrons. The highest BCUT2D eigenvalue weighted by atomic mass is 16.3. The monoisotopic (exact) mass is 789 g/mol. The van der Waals surface area contributed by atoms with Gasteiger partial charge in [-0.25, -0.2) is 0 Å². The van der Waals surface area contributed by atoms with Gasteiger partial charge in [0.25, 0.3) is 0 Å². The third-order valence-electron chi connectivity index (χ3n) is 11.9. The highest BCUT2D eigenvalue weighted by Gasteiger charge is 2.15. The van der Waals surface area contributed by atoms with Gasteiger partial charge < -0.3 is 10.2 Å². The summed E-state index contributed by atoms with van der Waals surface area (Å²) in [4.78, 5) is 0. The molecule has 1 atom stereocenters. The van der Waals surface area contributed by atoms with E-state index in [9.17, 15) is 10.2 Å². The standard InChI is InChI=1S/C56H84O2/c1-42(2)22-14-23-43(3)24-15-25-44(4)26-16-27-45(5)28-17-29-46(6)30-18-31-47(7)32-19-33-48(8)34-20-35-49(9)36-21-37-50(10)40-41-52-51(11)55(57)53-38-12-13-39-54(53)56(52)58/h12-13,22,24,28,30,32,34,36,38-40,44,57-58H,14-21,23,25-27,29,31,33,35,37,41H2,1-11H3/b43-24+,45-28+,46-30+,47-32+,48-34+,49-36+,50-40+. The summed E-state index contributed by atoms with van der Waals surface area (Å²) < 4.78 is 0. The number of fused-ring (bicyclic) bond motifs is 1. The van der Waals surface area contributed by atoms with Crippen molar-refractivity contribution in [3.63, 3.8) is 0 Å². The molecule has 58 heavy (non-hydrogen) atoms. The third kappa shape index (κ3) is 21.3. The zero-order valence-electron chi connectivity index (χ0n) is 39.1. The van der Waals surface area contributed by atoms with Crippen LogP contribution < -0.4 is 0 Å². The van der Waals surface area contributed by atoms with Crippen molar-refractivity contribution in [2.45, 2.75) is 192 Å². The van der Waals surface area contributed by atoms with Crippen molar-refractivity contribution < 1.29 is 10.2 Å². The largest absolute Gasteiger partial charge is 0.507 e. The van der Waals surface area contributed by atoms with Crippen LogP contribution in [-0.4, -0.2) is 10.2 Å². The van der Waals surface area contributed by atoms with Gasteiger partial charge in [-0.3, -0.25) is 0 Å². The van der Waals surface area contributed by atoms with Crippen LogP contribution in [0.15, 0.2) is 117 Å². The topological polar surface area (TPSA) is 40.5 Å². The van der Waals surface area contributed by atoms with Crippen molar-refractivity contribution in [2.24, 2.45) is 5.92 Å². The molecule has 2 aromatic carbocycles. The Hall–Kier alpha value is -3.78. The van der Waals surface area contributed by atoms with Crippen LogP contribution in [0.1, 0.15) is 190 Å². The molecule has 0 amide bonds. The molecule has 0 fully saturated rings. The van der Waals surface area contributed by atoms with Crippen LogP contribution >= 0.6 is 0 Å². The summed E-state index contributed by atoms with van der Waals surface area (Å²) in [6.07, 6.45) is 39.8. The number of aromatic hydroxyl groups is 2. The zero-order chi connectivity index (χ0) is 42.9. The fourth-order valence-corrected chi connectivity index (χ4v) is 7.63. The summed E-state index contributed by atoms with van der Waals surface area (Å²) in [6, 6.07) is 7.51. The Bertz CT molecular complexity index is 1790. The van der Waals surface area contributed by atoms with Gasteiger partial charge in [-0.2, -0.15) is 0 Å². The summed E-state index contributed by atoms with van der Waals surface area (Å²) in [6.45, 7) is 24.6. The average molecular weight is 789 g/mol. The highest BCUT2D eigenvalue weighted by molar-refractivity contribution is 5.95. The lowest BCUT2D eigenvalue weighted by atomic mass is 9.95. The first kappa shape index (κ1) is 50.4. The van der Waals surface area contributed by atoms with Gasteiger partial charge in [-0.1, -0.05) is 131 Å². The van der Waals surface area contributed by atoms with Gasteiger partial charge in [0.1, 0.15) is 11.5 Å². The first-order valence-electron chi connectivity index (χ1n) is 22.8. The van der Waals surface area contributed by atoms with Crippen LogP contribution in [0.5, 0.6) is 11.5 Å². The van der Waals surface area contributed by atoms with Crippen molar-refractivity contribution in [1.82, 2.24) is 0 Å². The van der Waals surface area contributed by atoms with E-state index in [0.29, 0.717) is 17.2 Å². The van der Waals surface area contributed by atoms with Crippen LogP contribution in [0, 0.1) is 12.8 Å². The fraction of sp³-hybridized carbons (Fsp3) is 0.536. The molecule has 0 saturated carbocycles. The third-order valence-corrected chi connectivity index (χ3v) is 11.9. The Balaban J connectivity index is 1.59. The van der Waals surface area contributed by atoms with Crippen LogP contribution in [0.25, 0.3) is 10.8 Å². The fourth-order valence-electron chi connectivity index (χ4n) is 7.63. The number of allylic oxidation sites excluding steroid dienone is 16. The second-order valence-corrected chi connectivity index (χ2v) is 18.0. The lowest BCUT2D eigenvalue weighted by Crippen LogP contribution is -1.94. The Morgan fingerprint density at radius 2 is 0.828 bits per heavy atom. The molecule has 1 unspecified atom stereocenters. The molecule has 0 heterocycles. The van der Waals surface area contributed by atoms with E-state index in [1.54, 1.807) is 11.1 Å². The summed E-state index contributed by atoms with van der Waals surface area (Å²) >= 11 is 0. The van der Waals surface area contributed by atoms with E-state index in [1.807, 2.05) is 31.2 Å². The summed E-state index contributed by atoms with van der Waals surface area (Å²) in [5, 5.41) is 23.0. The highest BCUT2D eigenvalue weighted by Crippen LogP contribution is 2.39.